The minimum atomic E-state index is -3.56. The smallest absolute Gasteiger partial charge is 0.271 e. The highest BCUT2D eigenvalue weighted by molar-refractivity contribution is 7.94. The Morgan fingerprint density at radius 2 is 1.65 bits per heavy atom. The molecule has 0 aliphatic carbocycles. The second-order valence-corrected chi connectivity index (χ2v) is 9.12. The molecule has 3 nitrogen and oxygen atoms in total. The molecule has 1 aromatic carbocycles. The highest BCUT2D eigenvalue weighted by Crippen LogP contribution is 2.28. The summed E-state index contributed by atoms with van der Waals surface area (Å²) < 4.78 is 27.5. The van der Waals surface area contributed by atoms with Crippen molar-refractivity contribution in [1.82, 2.24) is 0 Å². The van der Waals surface area contributed by atoms with Gasteiger partial charge in [0.15, 0.2) is 0 Å². The van der Waals surface area contributed by atoms with Gasteiger partial charge >= 0.3 is 0 Å². The molecule has 0 aliphatic heterocycles. The van der Waals surface area contributed by atoms with E-state index in [0.29, 0.717) is 10.0 Å². The van der Waals surface area contributed by atoms with E-state index in [1.807, 2.05) is 12.1 Å². The van der Waals surface area contributed by atoms with E-state index in [9.17, 15) is 8.42 Å². The summed E-state index contributed by atoms with van der Waals surface area (Å²) in [5.41, 5.74) is 1.74. The van der Waals surface area contributed by atoms with Gasteiger partial charge in [0.05, 0.1) is 4.34 Å². The molecular formula is C14H16ClNO2S2. The maximum atomic E-state index is 12.1. The van der Waals surface area contributed by atoms with Gasteiger partial charge in [-0.2, -0.15) is 0 Å². The first-order chi connectivity index (χ1) is 9.18. The Balaban J connectivity index is 2.22. The fraction of sp³-hybridized carbons (Fsp3) is 0.286. The van der Waals surface area contributed by atoms with Crippen molar-refractivity contribution in [3.63, 3.8) is 0 Å². The van der Waals surface area contributed by atoms with Crippen LogP contribution in [0.25, 0.3) is 0 Å². The summed E-state index contributed by atoms with van der Waals surface area (Å²) in [7, 11) is -3.56. The second kappa shape index (κ2) is 5.39. The summed E-state index contributed by atoms with van der Waals surface area (Å²) in [6, 6.07) is 10.5. The fourth-order valence-electron chi connectivity index (χ4n) is 1.69. The molecule has 0 spiro atoms. The van der Waals surface area contributed by atoms with E-state index >= 15 is 0 Å². The zero-order valence-electron chi connectivity index (χ0n) is 11.5. The number of halogens is 1. The lowest BCUT2D eigenvalue weighted by Gasteiger charge is -2.19. The van der Waals surface area contributed by atoms with Gasteiger partial charge < -0.3 is 0 Å². The van der Waals surface area contributed by atoms with Crippen LogP contribution in [0.3, 0.4) is 0 Å². The Kier molecular flexibility index (Phi) is 4.14. The third-order valence-electron chi connectivity index (χ3n) is 2.82. The van der Waals surface area contributed by atoms with Crippen LogP contribution in [-0.2, 0) is 15.4 Å². The molecule has 0 radical (unpaired) electrons. The lowest BCUT2D eigenvalue weighted by Crippen LogP contribution is -2.13. The maximum Gasteiger partial charge on any atom is 0.271 e. The molecule has 2 rings (SSSR count). The molecule has 1 heterocycles. The monoisotopic (exact) mass is 329 g/mol. The van der Waals surface area contributed by atoms with Crippen molar-refractivity contribution in [2.45, 2.75) is 30.4 Å². The molecule has 20 heavy (non-hydrogen) atoms. The van der Waals surface area contributed by atoms with E-state index in [4.69, 9.17) is 11.6 Å². The summed E-state index contributed by atoms with van der Waals surface area (Å²) in [6.07, 6.45) is 0. The van der Waals surface area contributed by atoms with Gasteiger partial charge in [0.2, 0.25) is 0 Å². The van der Waals surface area contributed by atoms with Crippen LogP contribution in [0, 0.1) is 0 Å². The van der Waals surface area contributed by atoms with E-state index in [1.165, 1.54) is 6.07 Å². The molecule has 1 aromatic heterocycles. The van der Waals surface area contributed by atoms with Gasteiger partial charge in [-0.05, 0) is 35.2 Å². The largest absolute Gasteiger partial charge is 0.279 e. The molecule has 0 fully saturated rings. The second-order valence-electron chi connectivity index (χ2n) is 5.49. The average molecular weight is 330 g/mol. The van der Waals surface area contributed by atoms with Crippen LogP contribution < -0.4 is 4.72 Å². The molecule has 1 N–H and O–H groups in total. The molecule has 0 saturated carbocycles. The van der Waals surface area contributed by atoms with E-state index < -0.39 is 10.0 Å². The van der Waals surface area contributed by atoms with Gasteiger partial charge in [0.25, 0.3) is 10.0 Å². The zero-order chi connectivity index (χ0) is 15.0. The maximum absolute atomic E-state index is 12.1. The average Bonchev–Trinajstić information content (AvgIpc) is 2.76. The minimum Gasteiger partial charge on any atom is -0.279 e. The Bertz CT molecular complexity index is 698. The minimum absolute atomic E-state index is 0.0404. The van der Waals surface area contributed by atoms with Crippen LogP contribution in [0.4, 0.5) is 5.69 Å². The summed E-state index contributed by atoms with van der Waals surface area (Å²) >= 11 is 6.80. The van der Waals surface area contributed by atoms with Crippen molar-refractivity contribution in [3.05, 3.63) is 46.3 Å². The Hall–Kier alpha value is -1.04. The number of hydrogen-bond donors (Lipinski definition) is 1. The quantitative estimate of drug-likeness (QED) is 0.901. The van der Waals surface area contributed by atoms with Gasteiger partial charge in [0, 0.05) is 5.69 Å². The summed E-state index contributed by atoms with van der Waals surface area (Å²) in [6.45, 7) is 6.33. The van der Waals surface area contributed by atoms with Crippen molar-refractivity contribution < 1.29 is 8.42 Å². The lowest BCUT2D eigenvalue weighted by molar-refractivity contribution is 0.590. The topological polar surface area (TPSA) is 46.2 Å². The van der Waals surface area contributed by atoms with Gasteiger partial charge in [-0.1, -0.05) is 44.5 Å². The van der Waals surface area contributed by atoms with Gasteiger partial charge in [-0.15, -0.1) is 11.3 Å². The number of benzene rings is 1. The Morgan fingerprint density at radius 1 is 1.05 bits per heavy atom. The van der Waals surface area contributed by atoms with Crippen LogP contribution in [0.5, 0.6) is 0 Å². The van der Waals surface area contributed by atoms with Gasteiger partial charge in [-0.25, -0.2) is 8.42 Å². The van der Waals surface area contributed by atoms with Gasteiger partial charge in [0.1, 0.15) is 4.21 Å². The predicted molar refractivity (Wildman–Crippen MR) is 85.3 cm³/mol. The molecule has 0 amide bonds. The first-order valence-corrected chi connectivity index (χ1v) is 8.75. The predicted octanol–water partition coefficient (Wildman–Crippen LogP) is 4.50. The number of rotatable bonds is 3. The van der Waals surface area contributed by atoms with Crippen LogP contribution in [0.15, 0.2) is 40.6 Å². The summed E-state index contributed by atoms with van der Waals surface area (Å²) in [4.78, 5) is 0. The third-order valence-corrected chi connectivity index (χ3v) is 5.92. The van der Waals surface area contributed by atoms with Crippen molar-refractivity contribution >= 4 is 38.6 Å². The zero-order valence-corrected chi connectivity index (χ0v) is 13.9. The van der Waals surface area contributed by atoms with Crippen LogP contribution in [0.2, 0.25) is 4.34 Å². The molecule has 108 valence electrons. The summed E-state index contributed by atoms with van der Waals surface area (Å²) in [5.74, 6) is 0. The highest BCUT2D eigenvalue weighted by Gasteiger charge is 2.17. The van der Waals surface area contributed by atoms with Crippen molar-refractivity contribution in [2.75, 3.05) is 4.72 Å². The molecule has 0 aliphatic rings. The number of nitrogens with one attached hydrogen (secondary N) is 1. The Labute approximate surface area is 128 Å². The first kappa shape index (κ1) is 15.4. The van der Waals surface area contributed by atoms with E-state index in [2.05, 4.69) is 25.5 Å². The molecule has 0 saturated heterocycles. The van der Waals surface area contributed by atoms with Crippen LogP contribution in [-0.4, -0.2) is 8.42 Å². The molecule has 0 atom stereocenters. The standard InChI is InChI=1S/C14H16ClNO2S2/c1-14(2,3)10-4-6-11(7-5-10)16-20(17,18)13-9-8-12(15)19-13/h4-9,16H,1-3H3. The number of hydrogen-bond acceptors (Lipinski definition) is 3. The van der Waals surface area contributed by atoms with Crippen molar-refractivity contribution in [2.24, 2.45) is 0 Å². The first-order valence-electron chi connectivity index (χ1n) is 6.07. The summed E-state index contributed by atoms with van der Waals surface area (Å²) in [5, 5.41) is 0. The number of sulfonamides is 1. The Morgan fingerprint density at radius 3 is 2.10 bits per heavy atom. The highest BCUT2D eigenvalue weighted by atomic mass is 35.5. The lowest BCUT2D eigenvalue weighted by atomic mass is 9.87. The van der Waals surface area contributed by atoms with Crippen molar-refractivity contribution in [3.8, 4) is 0 Å². The number of anilines is 1. The normalized spacial score (nSPS) is 12.4. The van der Waals surface area contributed by atoms with Crippen LogP contribution >= 0.6 is 22.9 Å². The van der Waals surface area contributed by atoms with Crippen LogP contribution in [0.1, 0.15) is 26.3 Å². The molecule has 0 bridgehead atoms. The van der Waals surface area contributed by atoms with Gasteiger partial charge in [-0.3, -0.25) is 4.72 Å². The number of thiophene rings is 1. The van der Waals surface area contributed by atoms with E-state index in [1.54, 1.807) is 18.2 Å². The van der Waals surface area contributed by atoms with E-state index in [0.717, 1.165) is 16.9 Å². The third kappa shape index (κ3) is 3.53. The molecule has 0 unspecified atom stereocenters. The molecular weight excluding hydrogens is 314 g/mol. The SMILES string of the molecule is CC(C)(C)c1ccc(NS(=O)(=O)c2ccc(Cl)s2)cc1. The molecule has 2 aromatic rings. The van der Waals surface area contributed by atoms with Crippen molar-refractivity contribution in [1.29, 1.82) is 0 Å². The molecule has 6 heteroatoms. The van der Waals surface area contributed by atoms with E-state index in [-0.39, 0.29) is 9.62 Å². The fourth-order valence-corrected chi connectivity index (χ4v) is 4.23.